The molecule has 0 heterocycles. The van der Waals surface area contributed by atoms with Crippen molar-refractivity contribution in [3.05, 3.63) is 258 Å². The Labute approximate surface area is 347 Å². The normalized spacial score (nSPS) is 13.9. The van der Waals surface area contributed by atoms with Crippen LogP contribution in [0.1, 0.15) is 47.2 Å². The summed E-state index contributed by atoms with van der Waals surface area (Å²) < 4.78 is 0. The third kappa shape index (κ3) is 5.39. The van der Waals surface area contributed by atoms with E-state index in [1.165, 1.54) is 77.9 Å². The van der Waals surface area contributed by atoms with E-state index in [4.69, 9.17) is 0 Å². The number of hydrogen-bond donors (Lipinski definition) is 0. The molecule has 2 aliphatic rings. The first-order chi connectivity index (χ1) is 29.0. The SMILES string of the molecule is CC1(C)c2ccccc2-c2cc(N(c3cccc(-c4ccccc4)c3)c3ccc4c(c3)C(c3ccccc3)(c3ccccc3)c3ccccc3-4)cc(-c3ccccc3)c21. The van der Waals surface area contributed by atoms with Crippen LogP contribution in [0.5, 0.6) is 0 Å². The second-order valence-corrected chi connectivity index (χ2v) is 16.5. The Bertz CT molecular complexity index is 2960. The van der Waals surface area contributed by atoms with Crippen molar-refractivity contribution in [2.75, 3.05) is 4.90 Å². The molecule has 0 bridgehead atoms. The minimum absolute atomic E-state index is 0.169. The largest absolute Gasteiger partial charge is 0.310 e. The molecule has 9 aromatic rings. The topological polar surface area (TPSA) is 3.24 Å². The van der Waals surface area contributed by atoms with Gasteiger partial charge in [0.1, 0.15) is 0 Å². The minimum atomic E-state index is -0.516. The van der Waals surface area contributed by atoms with Crippen LogP contribution in [0.2, 0.25) is 0 Å². The number of benzene rings is 9. The molecule has 0 aromatic heterocycles. The van der Waals surface area contributed by atoms with Gasteiger partial charge < -0.3 is 4.90 Å². The second kappa shape index (κ2) is 13.7. The third-order valence-corrected chi connectivity index (χ3v) is 12.9. The van der Waals surface area contributed by atoms with Crippen LogP contribution < -0.4 is 4.90 Å². The summed E-state index contributed by atoms with van der Waals surface area (Å²) in [6.07, 6.45) is 0. The molecule has 2 aliphatic carbocycles. The molecule has 59 heavy (non-hydrogen) atoms. The predicted octanol–water partition coefficient (Wildman–Crippen LogP) is 15.2. The smallest absolute Gasteiger partial charge is 0.0714 e. The first-order valence-corrected chi connectivity index (χ1v) is 20.7. The Morgan fingerprint density at radius 1 is 0.305 bits per heavy atom. The van der Waals surface area contributed by atoms with Crippen molar-refractivity contribution in [3.8, 4) is 44.5 Å². The highest BCUT2D eigenvalue weighted by Crippen LogP contribution is 2.58. The summed E-state index contributed by atoms with van der Waals surface area (Å²) in [6.45, 7) is 4.77. The molecule has 0 fully saturated rings. The maximum absolute atomic E-state index is 2.50. The molecule has 11 rings (SSSR count). The highest BCUT2D eigenvalue weighted by atomic mass is 15.1. The van der Waals surface area contributed by atoms with Gasteiger partial charge in [0.2, 0.25) is 0 Å². The molecule has 0 saturated carbocycles. The van der Waals surface area contributed by atoms with Crippen molar-refractivity contribution >= 4 is 17.1 Å². The summed E-state index contributed by atoms with van der Waals surface area (Å²) >= 11 is 0. The summed E-state index contributed by atoms with van der Waals surface area (Å²) in [5.41, 5.74) is 20.5. The monoisotopic (exact) mass is 753 g/mol. The molecule has 280 valence electrons. The van der Waals surface area contributed by atoms with Gasteiger partial charge in [-0.3, -0.25) is 0 Å². The Balaban J connectivity index is 1.22. The van der Waals surface area contributed by atoms with Crippen LogP contribution in [0.3, 0.4) is 0 Å². The van der Waals surface area contributed by atoms with Crippen molar-refractivity contribution in [2.24, 2.45) is 0 Å². The maximum Gasteiger partial charge on any atom is 0.0714 e. The average molecular weight is 754 g/mol. The molecule has 9 aromatic carbocycles. The summed E-state index contributed by atoms with van der Waals surface area (Å²) in [6, 6.07) is 83.0. The van der Waals surface area contributed by atoms with Crippen LogP contribution in [0.4, 0.5) is 17.1 Å². The molecule has 0 atom stereocenters. The van der Waals surface area contributed by atoms with E-state index in [-0.39, 0.29) is 5.41 Å². The lowest BCUT2D eigenvalue weighted by molar-refractivity contribution is 0.662. The molecule has 1 nitrogen and oxygen atoms in total. The van der Waals surface area contributed by atoms with E-state index < -0.39 is 5.41 Å². The standard InChI is InChI=1S/C58H43N/c1-57(2)53-32-17-15-31-49(53)52-38-47(37-51(56(52)57)41-22-9-4-10-23-41)59(45-29-19-24-42(36-45)40-20-7-3-8-21-40)46-34-35-50-48-30-16-18-33-54(48)58(55(50)39-46,43-25-11-5-12-26-43)44-27-13-6-14-28-44/h3-39H,1-2H3. The summed E-state index contributed by atoms with van der Waals surface area (Å²) in [5.74, 6) is 0. The second-order valence-electron chi connectivity index (χ2n) is 16.5. The third-order valence-electron chi connectivity index (χ3n) is 12.9. The van der Waals surface area contributed by atoms with Crippen molar-refractivity contribution in [1.82, 2.24) is 0 Å². The minimum Gasteiger partial charge on any atom is -0.310 e. The van der Waals surface area contributed by atoms with E-state index in [0.717, 1.165) is 17.1 Å². The molecular weight excluding hydrogens is 711 g/mol. The van der Waals surface area contributed by atoms with Crippen molar-refractivity contribution < 1.29 is 0 Å². The Morgan fingerprint density at radius 3 is 1.46 bits per heavy atom. The van der Waals surface area contributed by atoms with E-state index in [2.05, 4.69) is 243 Å². The highest BCUT2D eigenvalue weighted by molar-refractivity contribution is 5.95. The van der Waals surface area contributed by atoms with Gasteiger partial charge in [-0.15, -0.1) is 0 Å². The molecular formula is C58H43N. The summed E-state index contributed by atoms with van der Waals surface area (Å²) in [5, 5.41) is 0. The number of rotatable bonds is 7. The van der Waals surface area contributed by atoms with Gasteiger partial charge in [-0.05, 0) is 114 Å². The van der Waals surface area contributed by atoms with Gasteiger partial charge in [0.15, 0.2) is 0 Å². The van der Waals surface area contributed by atoms with Gasteiger partial charge in [-0.1, -0.05) is 202 Å². The zero-order valence-electron chi connectivity index (χ0n) is 33.3. The fourth-order valence-electron chi connectivity index (χ4n) is 10.4. The fourth-order valence-corrected chi connectivity index (χ4v) is 10.4. The lowest BCUT2D eigenvalue weighted by atomic mass is 9.67. The molecule has 0 aliphatic heterocycles. The summed E-state index contributed by atoms with van der Waals surface area (Å²) in [7, 11) is 0. The van der Waals surface area contributed by atoms with Gasteiger partial charge in [0.25, 0.3) is 0 Å². The number of fused-ring (bicyclic) bond motifs is 6. The predicted molar refractivity (Wildman–Crippen MR) is 247 cm³/mol. The molecule has 0 radical (unpaired) electrons. The van der Waals surface area contributed by atoms with Gasteiger partial charge in [-0.25, -0.2) is 0 Å². The zero-order chi connectivity index (χ0) is 39.6. The highest BCUT2D eigenvalue weighted by Gasteiger charge is 2.46. The van der Waals surface area contributed by atoms with Crippen LogP contribution in [-0.2, 0) is 10.8 Å². The molecule has 0 unspecified atom stereocenters. The molecule has 0 N–H and O–H groups in total. The first-order valence-electron chi connectivity index (χ1n) is 20.7. The number of nitrogens with zero attached hydrogens (tertiary/aromatic N) is 1. The van der Waals surface area contributed by atoms with E-state index >= 15 is 0 Å². The van der Waals surface area contributed by atoms with Gasteiger partial charge in [0, 0.05) is 22.5 Å². The molecule has 0 amide bonds. The van der Waals surface area contributed by atoms with Crippen LogP contribution in [0.25, 0.3) is 44.5 Å². The Kier molecular flexibility index (Phi) is 8.13. The van der Waals surface area contributed by atoms with Gasteiger partial charge in [-0.2, -0.15) is 0 Å². The summed E-state index contributed by atoms with van der Waals surface area (Å²) in [4.78, 5) is 2.50. The van der Waals surface area contributed by atoms with Crippen LogP contribution >= 0.6 is 0 Å². The van der Waals surface area contributed by atoms with E-state index in [0.29, 0.717) is 0 Å². The zero-order valence-corrected chi connectivity index (χ0v) is 33.3. The molecule has 0 spiro atoms. The lowest BCUT2D eigenvalue weighted by Gasteiger charge is -2.35. The maximum atomic E-state index is 2.50. The lowest BCUT2D eigenvalue weighted by Crippen LogP contribution is -2.28. The van der Waals surface area contributed by atoms with E-state index in [9.17, 15) is 0 Å². The average Bonchev–Trinajstić information content (AvgIpc) is 3.73. The van der Waals surface area contributed by atoms with Crippen LogP contribution in [-0.4, -0.2) is 0 Å². The number of hydrogen-bond acceptors (Lipinski definition) is 1. The van der Waals surface area contributed by atoms with Crippen LogP contribution in [0.15, 0.2) is 224 Å². The van der Waals surface area contributed by atoms with Gasteiger partial charge >= 0.3 is 0 Å². The van der Waals surface area contributed by atoms with Crippen LogP contribution in [0, 0.1) is 0 Å². The Morgan fingerprint density at radius 2 is 0.797 bits per heavy atom. The fraction of sp³-hybridized carbons (Fsp3) is 0.0690. The molecule has 0 saturated heterocycles. The van der Waals surface area contributed by atoms with Crippen molar-refractivity contribution in [3.63, 3.8) is 0 Å². The quantitative estimate of drug-likeness (QED) is 0.157. The van der Waals surface area contributed by atoms with E-state index in [1.54, 1.807) is 0 Å². The van der Waals surface area contributed by atoms with Crippen molar-refractivity contribution in [1.29, 1.82) is 0 Å². The van der Waals surface area contributed by atoms with E-state index in [1.807, 2.05) is 0 Å². The van der Waals surface area contributed by atoms with Crippen molar-refractivity contribution in [2.45, 2.75) is 24.7 Å². The molecule has 1 heteroatoms. The Hall–Kier alpha value is -7.22. The first kappa shape index (κ1) is 35.0. The van der Waals surface area contributed by atoms with Gasteiger partial charge in [0.05, 0.1) is 5.41 Å². The number of anilines is 3.